The molecule has 0 radical (unpaired) electrons. The molecule has 1 aromatic rings. The van der Waals surface area contributed by atoms with Gasteiger partial charge in [0.25, 0.3) is 0 Å². The highest BCUT2D eigenvalue weighted by molar-refractivity contribution is 8.15. The van der Waals surface area contributed by atoms with Gasteiger partial charge in [0.05, 0.1) is 19.2 Å². The average molecular weight is 362 g/mol. The second kappa shape index (κ2) is 7.91. The van der Waals surface area contributed by atoms with Crippen LogP contribution in [0.3, 0.4) is 0 Å². The van der Waals surface area contributed by atoms with Crippen LogP contribution >= 0.6 is 11.8 Å². The van der Waals surface area contributed by atoms with E-state index in [1.807, 2.05) is 24.3 Å². The van der Waals surface area contributed by atoms with Gasteiger partial charge in [-0.25, -0.2) is 4.99 Å². The maximum atomic E-state index is 12.8. The molecule has 2 aliphatic rings. The maximum absolute atomic E-state index is 12.8. The fourth-order valence-electron chi connectivity index (χ4n) is 3.29. The van der Waals surface area contributed by atoms with Crippen LogP contribution in [0.25, 0.3) is 0 Å². The minimum atomic E-state index is -0.958. The number of thioether (sulfide) groups is 1. The summed E-state index contributed by atoms with van der Waals surface area (Å²) in [6, 6.07) is 7.44. The summed E-state index contributed by atoms with van der Waals surface area (Å²) in [6.45, 7) is 0. The molecule has 2 fully saturated rings. The van der Waals surface area contributed by atoms with Crippen LogP contribution in [0.15, 0.2) is 29.3 Å². The van der Waals surface area contributed by atoms with Crippen molar-refractivity contribution >= 4 is 34.5 Å². The Hall–Kier alpha value is -2.02. The van der Waals surface area contributed by atoms with Crippen molar-refractivity contribution in [3.8, 4) is 5.75 Å². The lowest BCUT2D eigenvalue weighted by molar-refractivity contribution is -0.139. The highest BCUT2D eigenvalue weighted by atomic mass is 32.2. The molecule has 1 N–H and O–H groups in total. The number of hydrogen-bond acceptors (Lipinski definition) is 5. The molecule has 1 amide bonds. The summed E-state index contributed by atoms with van der Waals surface area (Å²) in [6.07, 6.45) is 5.11. The average Bonchev–Trinajstić information content (AvgIpc) is 2.91. The van der Waals surface area contributed by atoms with Crippen LogP contribution in [0.1, 0.15) is 38.5 Å². The zero-order valence-corrected chi connectivity index (χ0v) is 15.0. The summed E-state index contributed by atoms with van der Waals surface area (Å²) in [5.74, 6) is -0.335. The number of amides is 1. The van der Waals surface area contributed by atoms with E-state index in [4.69, 9.17) is 9.84 Å². The summed E-state index contributed by atoms with van der Waals surface area (Å²) in [5.41, 5.74) is 0.730. The first kappa shape index (κ1) is 17.8. The number of carboxylic acids is 1. The van der Waals surface area contributed by atoms with Crippen LogP contribution in [0.5, 0.6) is 5.75 Å². The van der Waals surface area contributed by atoms with E-state index in [1.54, 1.807) is 12.0 Å². The number of carbonyl (C=O) groups excluding carboxylic acids is 1. The van der Waals surface area contributed by atoms with Crippen LogP contribution in [0.2, 0.25) is 0 Å². The van der Waals surface area contributed by atoms with Crippen molar-refractivity contribution in [3.63, 3.8) is 0 Å². The number of amidine groups is 1. The highest BCUT2D eigenvalue weighted by Crippen LogP contribution is 2.36. The minimum absolute atomic E-state index is 0.119. The second-order valence-corrected chi connectivity index (χ2v) is 7.47. The van der Waals surface area contributed by atoms with Gasteiger partial charge in [-0.05, 0) is 37.1 Å². The Morgan fingerprint density at radius 2 is 1.96 bits per heavy atom. The van der Waals surface area contributed by atoms with Crippen molar-refractivity contribution in [3.05, 3.63) is 24.3 Å². The molecule has 1 heterocycles. The molecule has 3 rings (SSSR count). The first-order chi connectivity index (χ1) is 12.1. The molecule has 1 unspecified atom stereocenters. The van der Waals surface area contributed by atoms with Crippen LogP contribution < -0.4 is 4.74 Å². The Morgan fingerprint density at radius 3 is 2.56 bits per heavy atom. The molecular weight excluding hydrogens is 340 g/mol. The van der Waals surface area contributed by atoms with E-state index in [1.165, 1.54) is 18.2 Å². The van der Waals surface area contributed by atoms with Crippen LogP contribution in [-0.4, -0.2) is 45.5 Å². The first-order valence-corrected chi connectivity index (χ1v) is 9.40. The lowest BCUT2D eigenvalue weighted by Crippen LogP contribution is -2.42. The van der Waals surface area contributed by atoms with Crippen molar-refractivity contribution in [1.29, 1.82) is 0 Å². The van der Waals surface area contributed by atoms with Gasteiger partial charge >= 0.3 is 5.97 Å². The molecule has 1 saturated heterocycles. The van der Waals surface area contributed by atoms with Gasteiger partial charge in [-0.15, -0.1) is 0 Å². The Balaban J connectivity index is 1.87. The molecule has 1 saturated carbocycles. The van der Waals surface area contributed by atoms with Gasteiger partial charge in [0.1, 0.15) is 11.0 Å². The van der Waals surface area contributed by atoms with Crippen molar-refractivity contribution < 1.29 is 19.4 Å². The monoisotopic (exact) mass is 362 g/mol. The molecule has 1 aliphatic heterocycles. The zero-order chi connectivity index (χ0) is 17.8. The van der Waals surface area contributed by atoms with E-state index < -0.39 is 11.2 Å². The minimum Gasteiger partial charge on any atom is -0.497 e. The lowest BCUT2D eigenvalue weighted by atomic mass is 9.94. The number of benzene rings is 1. The van der Waals surface area contributed by atoms with Gasteiger partial charge in [-0.1, -0.05) is 31.0 Å². The highest BCUT2D eigenvalue weighted by Gasteiger charge is 2.42. The SMILES string of the molecule is COc1ccc(N=C2SC(CC(=O)O)C(=O)N2C2CCCCC2)cc1. The number of rotatable bonds is 5. The third-order valence-corrected chi connectivity index (χ3v) is 5.72. The molecule has 0 aromatic heterocycles. The van der Waals surface area contributed by atoms with E-state index >= 15 is 0 Å². The summed E-state index contributed by atoms with van der Waals surface area (Å²) in [7, 11) is 1.60. The van der Waals surface area contributed by atoms with E-state index in [-0.39, 0.29) is 18.4 Å². The predicted molar refractivity (Wildman–Crippen MR) is 97.4 cm³/mol. The topological polar surface area (TPSA) is 79.2 Å². The molecule has 1 atom stereocenters. The van der Waals surface area contributed by atoms with Crippen molar-refractivity contribution in [2.75, 3.05) is 7.11 Å². The largest absolute Gasteiger partial charge is 0.497 e. The number of carbonyl (C=O) groups is 2. The lowest BCUT2D eigenvalue weighted by Gasteiger charge is -2.30. The summed E-state index contributed by atoms with van der Waals surface area (Å²) in [4.78, 5) is 30.2. The maximum Gasteiger partial charge on any atom is 0.305 e. The van der Waals surface area contributed by atoms with E-state index in [9.17, 15) is 9.59 Å². The molecule has 0 bridgehead atoms. The number of carboxylic acid groups (broad SMARTS) is 1. The van der Waals surface area contributed by atoms with Crippen molar-refractivity contribution in [2.24, 2.45) is 4.99 Å². The Labute approximate surface area is 151 Å². The molecule has 1 aromatic carbocycles. The molecule has 134 valence electrons. The van der Waals surface area contributed by atoms with Crippen LogP contribution in [0.4, 0.5) is 5.69 Å². The second-order valence-electron chi connectivity index (χ2n) is 6.30. The van der Waals surface area contributed by atoms with Crippen molar-refractivity contribution in [2.45, 2.75) is 49.8 Å². The third-order valence-electron chi connectivity index (χ3n) is 4.56. The molecule has 6 nitrogen and oxygen atoms in total. The summed E-state index contributed by atoms with van der Waals surface area (Å²) < 4.78 is 5.15. The van der Waals surface area contributed by atoms with Gasteiger partial charge in [0.15, 0.2) is 5.17 Å². The summed E-state index contributed by atoms with van der Waals surface area (Å²) in [5, 5.41) is 9.12. The Bertz CT molecular complexity index is 668. The van der Waals surface area contributed by atoms with Gasteiger partial charge in [-0.3, -0.25) is 14.5 Å². The van der Waals surface area contributed by atoms with Crippen molar-refractivity contribution in [1.82, 2.24) is 4.90 Å². The molecular formula is C18H22N2O4S. The Morgan fingerprint density at radius 1 is 1.28 bits per heavy atom. The number of methoxy groups -OCH3 is 1. The zero-order valence-electron chi connectivity index (χ0n) is 14.2. The van der Waals surface area contributed by atoms with Crippen LogP contribution in [0, 0.1) is 0 Å². The number of ether oxygens (including phenoxy) is 1. The van der Waals surface area contributed by atoms with Gasteiger partial charge in [-0.2, -0.15) is 0 Å². The molecule has 0 spiro atoms. The standard InChI is InChI=1S/C18H22N2O4S/c1-24-14-9-7-12(8-10-14)19-18-20(13-5-3-2-4-6-13)17(23)15(25-18)11-16(21)22/h7-10,13,15H,2-6,11H2,1H3,(H,21,22). The normalized spacial score (nSPS) is 23.2. The fourth-order valence-corrected chi connectivity index (χ4v) is 4.50. The van der Waals surface area contributed by atoms with Crippen LogP contribution in [-0.2, 0) is 9.59 Å². The molecule has 7 heteroatoms. The van der Waals surface area contributed by atoms with Gasteiger partial charge in [0, 0.05) is 6.04 Å². The third kappa shape index (κ3) is 4.15. The molecule has 25 heavy (non-hydrogen) atoms. The Kier molecular flexibility index (Phi) is 5.63. The van der Waals surface area contributed by atoms with E-state index in [0.29, 0.717) is 5.17 Å². The quantitative estimate of drug-likeness (QED) is 0.868. The molecule has 1 aliphatic carbocycles. The summed E-state index contributed by atoms with van der Waals surface area (Å²) >= 11 is 1.27. The van der Waals surface area contributed by atoms with E-state index in [0.717, 1.165) is 37.1 Å². The predicted octanol–water partition coefficient (Wildman–Crippen LogP) is 3.43. The fraction of sp³-hybridized carbons (Fsp3) is 0.500. The number of aliphatic carboxylic acids is 1. The number of nitrogens with zero attached hydrogens (tertiary/aromatic N) is 2. The number of aliphatic imine (C=N–C) groups is 1. The van der Waals surface area contributed by atoms with Gasteiger partial charge < -0.3 is 9.84 Å². The van der Waals surface area contributed by atoms with E-state index in [2.05, 4.69) is 4.99 Å². The smallest absolute Gasteiger partial charge is 0.305 e. The number of hydrogen-bond donors (Lipinski definition) is 1. The van der Waals surface area contributed by atoms with Gasteiger partial charge in [0.2, 0.25) is 5.91 Å². The first-order valence-electron chi connectivity index (χ1n) is 8.53.